The molecule has 0 bridgehead atoms. The fourth-order valence-electron chi connectivity index (χ4n) is 3.95. The number of para-hydroxylation sites is 1. The Morgan fingerprint density at radius 3 is 2.59 bits per heavy atom. The van der Waals surface area contributed by atoms with Gasteiger partial charge in [0.15, 0.2) is 22.4 Å². The van der Waals surface area contributed by atoms with Crippen molar-refractivity contribution in [1.29, 1.82) is 0 Å². The zero-order valence-electron chi connectivity index (χ0n) is 21.1. The molecule has 1 aliphatic heterocycles. The SMILES string of the molecule is COc1cc(/C=C2/SC(=S)N(c3cccc(C)c3)C2=O)ccc1OCC(=O)Nc1ccccc1C(C)C. The van der Waals surface area contributed by atoms with Gasteiger partial charge in [0.05, 0.1) is 17.7 Å². The van der Waals surface area contributed by atoms with Crippen molar-refractivity contribution in [2.45, 2.75) is 26.7 Å². The van der Waals surface area contributed by atoms with Gasteiger partial charge in [-0.25, -0.2) is 0 Å². The van der Waals surface area contributed by atoms with Gasteiger partial charge in [0.1, 0.15) is 0 Å². The number of carbonyl (C=O) groups is 2. The van der Waals surface area contributed by atoms with E-state index in [1.807, 2.05) is 61.5 Å². The van der Waals surface area contributed by atoms with Crippen molar-refractivity contribution in [3.63, 3.8) is 0 Å². The minimum atomic E-state index is -0.265. The lowest BCUT2D eigenvalue weighted by atomic mass is 10.0. The molecule has 2 amide bonds. The molecule has 0 spiro atoms. The molecular weight excluding hydrogens is 504 g/mol. The first-order valence-electron chi connectivity index (χ1n) is 11.8. The van der Waals surface area contributed by atoms with Crippen molar-refractivity contribution < 1.29 is 19.1 Å². The monoisotopic (exact) mass is 532 g/mol. The highest BCUT2D eigenvalue weighted by atomic mass is 32.2. The fourth-order valence-corrected chi connectivity index (χ4v) is 5.24. The van der Waals surface area contributed by atoms with Gasteiger partial charge in [0, 0.05) is 5.69 Å². The van der Waals surface area contributed by atoms with E-state index in [1.54, 1.807) is 23.1 Å². The summed E-state index contributed by atoms with van der Waals surface area (Å²) in [7, 11) is 1.53. The molecule has 1 fully saturated rings. The van der Waals surface area contributed by atoms with Gasteiger partial charge in [-0.2, -0.15) is 0 Å². The summed E-state index contributed by atoms with van der Waals surface area (Å²) in [6, 6.07) is 20.7. The number of thiocarbonyl (C=S) groups is 1. The molecule has 0 aromatic heterocycles. The van der Waals surface area contributed by atoms with Gasteiger partial charge in [-0.3, -0.25) is 14.5 Å². The number of ether oxygens (including phenoxy) is 2. The number of carbonyl (C=O) groups excluding carboxylic acids is 2. The second-order valence-corrected chi connectivity index (χ2v) is 10.5. The van der Waals surface area contributed by atoms with Gasteiger partial charge in [-0.15, -0.1) is 0 Å². The van der Waals surface area contributed by atoms with Crippen LogP contribution in [0.1, 0.15) is 36.5 Å². The summed E-state index contributed by atoms with van der Waals surface area (Å²) < 4.78 is 11.7. The van der Waals surface area contributed by atoms with Crippen molar-refractivity contribution >= 4 is 57.6 Å². The topological polar surface area (TPSA) is 67.9 Å². The van der Waals surface area contributed by atoms with Gasteiger partial charge < -0.3 is 14.8 Å². The molecule has 0 saturated carbocycles. The molecule has 3 aromatic carbocycles. The number of rotatable bonds is 8. The van der Waals surface area contributed by atoms with Gasteiger partial charge in [-0.05, 0) is 65.9 Å². The molecular formula is C29H28N2O4S2. The molecule has 190 valence electrons. The van der Waals surface area contributed by atoms with Crippen LogP contribution < -0.4 is 19.7 Å². The highest BCUT2D eigenvalue weighted by Gasteiger charge is 2.33. The average molecular weight is 533 g/mol. The van der Waals surface area contributed by atoms with Crippen LogP contribution in [0.3, 0.4) is 0 Å². The van der Waals surface area contributed by atoms with Crippen LogP contribution in [-0.4, -0.2) is 29.9 Å². The van der Waals surface area contributed by atoms with E-state index < -0.39 is 0 Å². The summed E-state index contributed by atoms with van der Waals surface area (Å²) in [4.78, 5) is 27.7. The summed E-state index contributed by atoms with van der Waals surface area (Å²) >= 11 is 6.73. The van der Waals surface area contributed by atoms with E-state index in [1.165, 1.54) is 18.9 Å². The van der Waals surface area contributed by atoms with Crippen LogP contribution in [0.25, 0.3) is 6.08 Å². The Morgan fingerprint density at radius 2 is 1.86 bits per heavy atom. The van der Waals surface area contributed by atoms with Crippen molar-refractivity contribution in [2.24, 2.45) is 0 Å². The van der Waals surface area contributed by atoms with Gasteiger partial charge in [0.25, 0.3) is 11.8 Å². The van der Waals surface area contributed by atoms with Gasteiger partial charge in [0.2, 0.25) is 0 Å². The van der Waals surface area contributed by atoms with Crippen molar-refractivity contribution in [3.8, 4) is 11.5 Å². The number of methoxy groups -OCH3 is 1. The summed E-state index contributed by atoms with van der Waals surface area (Å²) in [5.41, 5.74) is 4.39. The molecule has 1 heterocycles. The van der Waals surface area contributed by atoms with Crippen LogP contribution in [-0.2, 0) is 9.59 Å². The Kier molecular flexibility index (Phi) is 8.31. The maximum absolute atomic E-state index is 13.1. The second-order valence-electron chi connectivity index (χ2n) is 8.85. The fraction of sp³-hybridized carbons (Fsp3) is 0.207. The lowest BCUT2D eigenvalue weighted by Crippen LogP contribution is -2.27. The highest BCUT2D eigenvalue weighted by molar-refractivity contribution is 8.27. The van der Waals surface area contributed by atoms with E-state index >= 15 is 0 Å². The molecule has 0 unspecified atom stereocenters. The minimum Gasteiger partial charge on any atom is -0.493 e. The number of thioether (sulfide) groups is 1. The Balaban J connectivity index is 1.45. The third kappa shape index (κ3) is 6.21. The van der Waals surface area contributed by atoms with Crippen LogP contribution in [0.15, 0.2) is 71.6 Å². The van der Waals surface area contributed by atoms with Crippen LogP contribution in [0.2, 0.25) is 0 Å². The van der Waals surface area contributed by atoms with E-state index in [9.17, 15) is 9.59 Å². The molecule has 0 radical (unpaired) electrons. The third-order valence-corrected chi connectivity index (χ3v) is 7.06. The minimum absolute atomic E-state index is 0.168. The van der Waals surface area contributed by atoms with Crippen molar-refractivity contribution in [3.05, 3.63) is 88.3 Å². The van der Waals surface area contributed by atoms with Crippen LogP contribution >= 0.6 is 24.0 Å². The molecule has 4 rings (SSSR count). The van der Waals surface area contributed by atoms with Gasteiger partial charge >= 0.3 is 0 Å². The highest BCUT2D eigenvalue weighted by Crippen LogP contribution is 2.37. The first-order valence-corrected chi connectivity index (χ1v) is 13.0. The number of aryl methyl sites for hydroxylation is 1. The number of amides is 2. The van der Waals surface area contributed by atoms with Crippen molar-refractivity contribution in [2.75, 3.05) is 23.9 Å². The first kappa shape index (κ1) is 26.4. The molecule has 0 aliphatic carbocycles. The molecule has 3 aromatic rings. The predicted molar refractivity (Wildman–Crippen MR) is 154 cm³/mol. The number of hydrogen-bond donors (Lipinski definition) is 1. The molecule has 0 atom stereocenters. The first-order chi connectivity index (χ1) is 17.8. The maximum Gasteiger partial charge on any atom is 0.270 e. The van der Waals surface area contributed by atoms with E-state index in [2.05, 4.69) is 19.2 Å². The van der Waals surface area contributed by atoms with E-state index in [0.29, 0.717) is 20.7 Å². The molecule has 8 heteroatoms. The second kappa shape index (κ2) is 11.6. The predicted octanol–water partition coefficient (Wildman–Crippen LogP) is 6.55. The summed E-state index contributed by atoms with van der Waals surface area (Å²) in [6.07, 6.45) is 1.77. The number of nitrogens with one attached hydrogen (secondary N) is 1. The van der Waals surface area contributed by atoms with Gasteiger partial charge in [-0.1, -0.05) is 74.2 Å². The van der Waals surface area contributed by atoms with Crippen LogP contribution in [0.4, 0.5) is 11.4 Å². The van der Waals surface area contributed by atoms with Crippen LogP contribution in [0.5, 0.6) is 11.5 Å². The van der Waals surface area contributed by atoms with E-state index in [4.69, 9.17) is 21.7 Å². The number of nitrogens with zero attached hydrogens (tertiary/aromatic N) is 1. The third-order valence-electron chi connectivity index (χ3n) is 5.75. The summed E-state index contributed by atoms with van der Waals surface area (Å²) in [6.45, 7) is 5.96. The number of hydrogen-bond acceptors (Lipinski definition) is 6. The zero-order valence-corrected chi connectivity index (χ0v) is 22.7. The molecule has 1 saturated heterocycles. The Labute approximate surface area is 226 Å². The normalized spacial score (nSPS) is 14.4. The average Bonchev–Trinajstić information content (AvgIpc) is 3.15. The number of anilines is 2. The standard InChI is InChI=1S/C29H28N2O4S2/c1-18(2)22-10-5-6-11-23(22)30-27(32)17-35-24-13-12-20(15-25(24)34-4)16-26-28(33)31(29(36)37-26)21-9-7-8-19(3)14-21/h5-16,18H,17H2,1-4H3,(H,30,32)/b26-16+. The smallest absolute Gasteiger partial charge is 0.270 e. The summed E-state index contributed by atoms with van der Waals surface area (Å²) in [5.74, 6) is 0.733. The zero-order chi connectivity index (χ0) is 26.5. The van der Waals surface area contributed by atoms with Crippen molar-refractivity contribution in [1.82, 2.24) is 0 Å². The number of benzene rings is 3. The molecule has 1 aliphatic rings. The van der Waals surface area contributed by atoms with E-state index in [-0.39, 0.29) is 24.3 Å². The lowest BCUT2D eigenvalue weighted by Gasteiger charge is -2.15. The quantitative estimate of drug-likeness (QED) is 0.262. The Morgan fingerprint density at radius 1 is 1.08 bits per heavy atom. The largest absolute Gasteiger partial charge is 0.493 e. The summed E-state index contributed by atoms with van der Waals surface area (Å²) in [5, 5.41) is 2.92. The maximum atomic E-state index is 13.1. The van der Waals surface area contributed by atoms with Crippen LogP contribution in [0, 0.1) is 6.92 Å². The molecule has 6 nitrogen and oxygen atoms in total. The lowest BCUT2D eigenvalue weighted by molar-refractivity contribution is -0.118. The Hall–Kier alpha value is -3.62. The Bertz CT molecular complexity index is 1380. The van der Waals surface area contributed by atoms with E-state index in [0.717, 1.165) is 28.1 Å². The molecule has 1 N–H and O–H groups in total. The molecule has 37 heavy (non-hydrogen) atoms.